The first-order valence-electron chi connectivity index (χ1n) is 5.69. The lowest BCUT2D eigenvalue weighted by molar-refractivity contribution is -0.153. The third-order valence-corrected chi connectivity index (χ3v) is 3.32. The molecular formula is C12H22O2. The van der Waals surface area contributed by atoms with Gasteiger partial charge in [-0.1, -0.05) is 27.2 Å². The number of rotatable bonds is 2. The summed E-state index contributed by atoms with van der Waals surface area (Å²) in [6, 6.07) is 0. The molecule has 0 saturated heterocycles. The molecule has 2 nitrogen and oxygen atoms in total. The van der Waals surface area contributed by atoms with Crippen LogP contribution in [0.3, 0.4) is 0 Å². The van der Waals surface area contributed by atoms with Crippen LogP contribution in [0.1, 0.15) is 47.0 Å². The van der Waals surface area contributed by atoms with Crippen LogP contribution in [0.4, 0.5) is 0 Å². The van der Waals surface area contributed by atoms with E-state index in [9.17, 15) is 4.79 Å². The summed E-state index contributed by atoms with van der Waals surface area (Å²) in [5.41, 5.74) is 0. The van der Waals surface area contributed by atoms with Gasteiger partial charge in [0.05, 0.1) is 0 Å². The van der Waals surface area contributed by atoms with Crippen molar-refractivity contribution in [3.63, 3.8) is 0 Å². The first-order valence-corrected chi connectivity index (χ1v) is 5.69. The summed E-state index contributed by atoms with van der Waals surface area (Å²) in [6.45, 7) is 8.24. The van der Waals surface area contributed by atoms with Gasteiger partial charge in [-0.25, -0.2) is 0 Å². The summed E-state index contributed by atoms with van der Waals surface area (Å²) in [6.07, 6.45) is 3.69. The Labute approximate surface area is 87.0 Å². The summed E-state index contributed by atoms with van der Waals surface area (Å²) in [5.74, 6) is 1.71. The first kappa shape index (κ1) is 11.5. The molecule has 0 bridgehead atoms. The van der Waals surface area contributed by atoms with Crippen molar-refractivity contribution in [2.45, 2.75) is 53.1 Å². The van der Waals surface area contributed by atoms with E-state index in [0.717, 1.165) is 6.42 Å². The van der Waals surface area contributed by atoms with Crippen LogP contribution >= 0.6 is 0 Å². The third kappa shape index (κ3) is 2.73. The Bertz CT molecular complexity index is 198. The van der Waals surface area contributed by atoms with E-state index in [-0.39, 0.29) is 12.1 Å². The summed E-state index contributed by atoms with van der Waals surface area (Å²) in [4.78, 5) is 11.0. The number of ether oxygens (including phenoxy) is 1. The molecule has 1 saturated carbocycles. The maximum atomic E-state index is 11.0. The Kier molecular flexibility index (Phi) is 3.97. The summed E-state index contributed by atoms with van der Waals surface area (Å²) >= 11 is 0. The van der Waals surface area contributed by atoms with Gasteiger partial charge in [0.25, 0.3) is 0 Å². The molecule has 0 aromatic carbocycles. The van der Waals surface area contributed by atoms with E-state index in [4.69, 9.17) is 4.74 Å². The van der Waals surface area contributed by atoms with Gasteiger partial charge in [0.2, 0.25) is 0 Å². The lowest BCUT2D eigenvalue weighted by Gasteiger charge is -2.38. The van der Waals surface area contributed by atoms with Crippen LogP contribution in [0.25, 0.3) is 0 Å². The molecule has 1 aliphatic rings. The highest BCUT2D eigenvalue weighted by Gasteiger charge is 2.34. The fourth-order valence-electron chi connectivity index (χ4n) is 2.83. The summed E-state index contributed by atoms with van der Waals surface area (Å²) < 4.78 is 5.40. The molecule has 0 unspecified atom stereocenters. The largest absolute Gasteiger partial charge is 0.462 e. The molecule has 1 fully saturated rings. The van der Waals surface area contributed by atoms with Gasteiger partial charge in [-0.2, -0.15) is 0 Å². The smallest absolute Gasteiger partial charge is 0.302 e. The predicted octanol–water partition coefficient (Wildman–Crippen LogP) is 3.01. The summed E-state index contributed by atoms with van der Waals surface area (Å²) in [7, 11) is 0. The number of esters is 1. The zero-order chi connectivity index (χ0) is 10.7. The molecule has 0 aliphatic heterocycles. The number of carbonyl (C=O) groups is 1. The van der Waals surface area contributed by atoms with E-state index in [2.05, 4.69) is 20.8 Å². The van der Waals surface area contributed by atoms with E-state index < -0.39 is 0 Å². The van der Waals surface area contributed by atoms with Crippen molar-refractivity contribution in [3.8, 4) is 0 Å². The molecule has 14 heavy (non-hydrogen) atoms. The van der Waals surface area contributed by atoms with Crippen LogP contribution in [0.5, 0.6) is 0 Å². The monoisotopic (exact) mass is 198 g/mol. The molecule has 0 aromatic rings. The topological polar surface area (TPSA) is 26.3 Å². The number of carbonyl (C=O) groups excluding carboxylic acids is 1. The lowest BCUT2D eigenvalue weighted by Crippen LogP contribution is -2.37. The maximum Gasteiger partial charge on any atom is 0.302 e. The van der Waals surface area contributed by atoms with Crippen LogP contribution in [0.15, 0.2) is 0 Å². The van der Waals surface area contributed by atoms with Crippen molar-refractivity contribution in [2.24, 2.45) is 17.8 Å². The van der Waals surface area contributed by atoms with Gasteiger partial charge < -0.3 is 4.74 Å². The fraction of sp³-hybridized carbons (Fsp3) is 0.917. The van der Waals surface area contributed by atoms with E-state index >= 15 is 0 Å². The molecule has 0 heterocycles. The molecule has 82 valence electrons. The van der Waals surface area contributed by atoms with E-state index in [1.54, 1.807) is 0 Å². The Balaban J connectivity index is 2.64. The molecule has 0 amide bonds. The van der Waals surface area contributed by atoms with Gasteiger partial charge in [0.15, 0.2) is 0 Å². The second-order valence-electron chi connectivity index (χ2n) is 4.88. The van der Waals surface area contributed by atoms with Crippen molar-refractivity contribution < 1.29 is 9.53 Å². The van der Waals surface area contributed by atoms with Crippen molar-refractivity contribution >= 4 is 5.97 Å². The van der Waals surface area contributed by atoms with Gasteiger partial charge in [-0.3, -0.25) is 4.79 Å². The highest BCUT2D eigenvalue weighted by atomic mass is 16.5. The van der Waals surface area contributed by atoms with Crippen molar-refractivity contribution in [2.75, 3.05) is 0 Å². The van der Waals surface area contributed by atoms with Gasteiger partial charge in [-0.15, -0.1) is 0 Å². The lowest BCUT2D eigenvalue weighted by atomic mass is 9.72. The summed E-state index contributed by atoms with van der Waals surface area (Å²) in [5, 5.41) is 0. The van der Waals surface area contributed by atoms with Gasteiger partial charge in [-0.05, 0) is 24.7 Å². The van der Waals surface area contributed by atoms with Crippen LogP contribution in [-0.4, -0.2) is 12.1 Å². The molecule has 2 heteroatoms. The third-order valence-electron chi connectivity index (χ3n) is 3.32. The maximum absolute atomic E-state index is 11.0. The highest BCUT2D eigenvalue weighted by molar-refractivity contribution is 5.66. The van der Waals surface area contributed by atoms with E-state index in [0.29, 0.717) is 17.8 Å². The number of hydrogen-bond acceptors (Lipinski definition) is 2. The second kappa shape index (κ2) is 4.81. The molecule has 0 N–H and O–H groups in total. The van der Waals surface area contributed by atoms with Crippen molar-refractivity contribution in [1.82, 2.24) is 0 Å². The molecule has 0 spiro atoms. The normalized spacial score (nSPS) is 33.1. The highest BCUT2D eigenvalue weighted by Crippen LogP contribution is 2.36. The molecular weight excluding hydrogens is 176 g/mol. The molecule has 3 atom stereocenters. The minimum atomic E-state index is -0.130. The predicted molar refractivity (Wildman–Crippen MR) is 56.9 cm³/mol. The zero-order valence-electron chi connectivity index (χ0n) is 9.75. The standard InChI is InChI=1S/C12H22O2/c1-8(2)12-9(3)6-5-7-11(12)14-10(4)13/h8-9,11-12H,5-7H2,1-4H3/t9-,11+,12-/m1/s1. The van der Waals surface area contributed by atoms with Gasteiger partial charge in [0.1, 0.15) is 6.10 Å². The Morgan fingerprint density at radius 1 is 1.36 bits per heavy atom. The van der Waals surface area contributed by atoms with Crippen molar-refractivity contribution in [1.29, 1.82) is 0 Å². The first-order chi connectivity index (χ1) is 6.52. The van der Waals surface area contributed by atoms with Crippen LogP contribution in [0, 0.1) is 17.8 Å². The average Bonchev–Trinajstić information content (AvgIpc) is 2.01. The van der Waals surface area contributed by atoms with Gasteiger partial charge in [0, 0.05) is 12.8 Å². The van der Waals surface area contributed by atoms with E-state index in [1.165, 1.54) is 19.8 Å². The second-order valence-corrected chi connectivity index (χ2v) is 4.88. The Morgan fingerprint density at radius 3 is 2.50 bits per heavy atom. The quantitative estimate of drug-likeness (QED) is 0.637. The van der Waals surface area contributed by atoms with Crippen LogP contribution in [-0.2, 0) is 9.53 Å². The molecule has 0 aromatic heterocycles. The van der Waals surface area contributed by atoms with Gasteiger partial charge >= 0.3 is 5.97 Å². The molecule has 1 rings (SSSR count). The van der Waals surface area contributed by atoms with E-state index in [1.807, 2.05) is 0 Å². The fourth-order valence-corrected chi connectivity index (χ4v) is 2.83. The van der Waals surface area contributed by atoms with Crippen molar-refractivity contribution in [3.05, 3.63) is 0 Å². The number of hydrogen-bond donors (Lipinski definition) is 0. The minimum absolute atomic E-state index is 0.130. The Morgan fingerprint density at radius 2 is 2.00 bits per heavy atom. The molecule has 0 radical (unpaired) electrons. The SMILES string of the molecule is CC(=O)O[C@H]1CCC[C@@H](C)[C@H]1C(C)C. The minimum Gasteiger partial charge on any atom is -0.462 e. The van der Waals surface area contributed by atoms with Crippen LogP contribution in [0.2, 0.25) is 0 Å². The average molecular weight is 198 g/mol. The molecule has 1 aliphatic carbocycles. The Hall–Kier alpha value is -0.530. The zero-order valence-corrected chi connectivity index (χ0v) is 9.75. The van der Waals surface area contributed by atoms with Crippen LogP contribution < -0.4 is 0 Å².